The van der Waals surface area contributed by atoms with Crippen LogP contribution >= 0.6 is 11.3 Å². The Bertz CT molecular complexity index is 1230. The second kappa shape index (κ2) is 10.3. The fraction of sp³-hybridized carbons (Fsp3) is 0.273. The minimum absolute atomic E-state index is 0.0763. The second-order valence-electron chi connectivity index (χ2n) is 7.42. The molecule has 1 unspecified atom stereocenters. The number of carboxylic acid groups (broad SMARTS) is 1. The number of aromatic nitrogens is 4. The maximum Gasteiger partial charge on any atom is 0.490 e. The predicted molar refractivity (Wildman–Crippen MR) is 118 cm³/mol. The highest BCUT2D eigenvalue weighted by Gasteiger charge is 2.38. The molecule has 4 aromatic rings. The minimum Gasteiger partial charge on any atom is -0.475 e. The lowest BCUT2D eigenvalue weighted by Gasteiger charge is -2.31. The van der Waals surface area contributed by atoms with Crippen molar-refractivity contribution < 1.29 is 27.8 Å². The van der Waals surface area contributed by atoms with Crippen molar-refractivity contribution in [2.45, 2.75) is 18.8 Å². The molecule has 1 atom stereocenters. The van der Waals surface area contributed by atoms with Gasteiger partial charge in [-0.15, -0.1) is 16.4 Å². The van der Waals surface area contributed by atoms with E-state index in [0.29, 0.717) is 6.61 Å². The number of nitrogens with zero attached hydrogens (tertiary/aromatic N) is 5. The van der Waals surface area contributed by atoms with Gasteiger partial charge in [-0.2, -0.15) is 13.2 Å². The van der Waals surface area contributed by atoms with Crippen molar-refractivity contribution in [1.29, 1.82) is 0 Å². The molecule has 1 aliphatic heterocycles. The number of carbonyl (C=O) groups is 1. The lowest BCUT2D eigenvalue weighted by molar-refractivity contribution is -0.192. The predicted octanol–water partition coefficient (Wildman–Crippen LogP) is 4.06. The smallest absolute Gasteiger partial charge is 0.475 e. The van der Waals surface area contributed by atoms with Gasteiger partial charge in [0.25, 0.3) is 0 Å². The van der Waals surface area contributed by atoms with Crippen LogP contribution in [0.25, 0.3) is 16.0 Å². The number of rotatable bonds is 4. The third kappa shape index (κ3) is 5.76. The number of pyridine rings is 2. The molecule has 1 aliphatic rings. The van der Waals surface area contributed by atoms with Gasteiger partial charge in [-0.1, -0.05) is 17.3 Å². The summed E-state index contributed by atoms with van der Waals surface area (Å²) >= 11 is 1.72. The maximum atomic E-state index is 10.6. The van der Waals surface area contributed by atoms with Gasteiger partial charge in [0.1, 0.15) is 11.8 Å². The van der Waals surface area contributed by atoms with E-state index in [-0.39, 0.29) is 6.10 Å². The Kier molecular flexibility index (Phi) is 7.20. The molecule has 1 N–H and O–H groups in total. The monoisotopic (exact) mass is 491 g/mol. The van der Waals surface area contributed by atoms with Crippen LogP contribution in [0.5, 0.6) is 0 Å². The van der Waals surface area contributed by atoms with Crippen molar-refractivity contribution in [2.75, 3.05) is 19.7 Å². The van der Waals surface area contributed by atoms with Gasteiger partial charge in [0, 0.05) is 42.5 Å². The first-order valence-electron chi connectivity index (χ1n) is 10.2. The number of carboxylic acids is 1. The summed E-state index contributed by atoms with van der Waals surface area (Å²) in [5.74, 6) is -2.76. The van der Waals surface area contributed by atoms with Crippen LogP contribution in [0.3, 0.4) is 0 Å². The number of fused-ring (bicyclic) bond motifs is 1. The molecule has 1 saturated heterocycles. The number of halogens is 3. The molecule has 4 aromatic heterocycles. The van der Waals surface area contributed by atoms with Crippen LogP contribution in [0.4, 0.5) is 13.2 Å². The Balaban J connectivity index is 0.000000344. The van der Waals surface area contributed by atoms with Gasteiger partial charge >= 0.3 is 12.1 Å². The summed E-state index contributed by atoms with van der Waals surface area (Å²) in [4.78, 5) is 16.9. The van der Waals surface area contributed by atoms with E-state index in [1.807, 2.05) is 29.0 Å². The van der Waals surface area contributed by atoms with Gasteiger partial charge in [-0.05, 0) is 35.7 Å². The molecule has 0 saturated carbocycles. The van der Waals surface area contributed by atoms with E-state index in [2.05, 4.69) is 55.9 Å². The summed E-state index contributed by atoms with van der Waals surface area (Å²) in [6.07, 6.45) is -1.29. The summed E-state index contributed by atoms with van der Waals surface area (Å²) < 4.78 is 39.6. The molecule has 8 nitrogen and oxygen atoms in total. The quantitative estimate of drug-likeness (QED) is 0.460. The standard InChI is InChI=1S/C20H19N5OS.C2HF3O2/c1-2-8-21-16(4-1)13-24-9-10-26-18(14-24)20-17-7-6-15(12-25(17)23-22-20)19-5-3-11-27-19;3-2(4,5)1(6)7/h1-8,11-12,18H,9-10,13-14H2;(H,6,7). The van der Waals surface area contributed by atoms with E-state index in [9.17, 15) is 13.2 Å². The van der Waals surface area contributed by atoms with Crippen molar-refractivity contribution in [2.24, 2.45) is 0 Å². The van der Waals surface area contributed by atoms with Crippen LogP contribution < -0.4 is 0 Å². The summed E-state index contributed by atoms with van der Waals surface area (Å²) in [5, 5.41) is 18.0. The maximum absolute atomic E-state index is 10.6. The fourth-order valence-corrected chi connectivity index (χ4v) is 4.18. The van der Waals surface area contributed by atoms with Crippen molar-refractivity contribution >= 4 is 22.8 Å². The lowest BCUT2D eigenvalue weighted by Crippen LogP contribution is -2.38. The lowest BCUT2D eigenvalue weighted by atomic mass is 10.1. The zero-order chi connectivity index (χ0) is 24.1. The van der Waals surface area contributed by atoms with Crippen LogP contribution in [0, 0.1) is 0 Å². The van der Waals surface area contributed by atoms with Gasteiger partial charge in [-0.3, -0.25) is 9.88 Å². The molecule has 0 bridgehead atoms. The first kappa shape index (κ1) is 23.8. The number of thiophene rings is 1. The Labute approximate surface area is 196 Å². The van der Waals surface area contributed by atoms with E-state index in [4.69, 9.17) is 14.6 Å². The minimum atomic E-state index is -5.08. The first-order chi connectivity index (χ1) is 16.3. The zero-order valence-corrected chi connectivity index (χ0v) is 18.5. The molecule has 1 fully saturated rings. The SMILES string of the molecule is O=C(O)C(F)(F)F.c1ccc(CN2CCOC(c3nnn4cc(-c5cccs5)ccc34)C2)nc1. The highest BCUT2D eigenvalue weighted by Crippen LogP contribution is 2.28. The first-order valence-corrected chi connectivity index (χ1v) is 11.1. The average Bonchev–Trinajstić information content (AvgIpc) is 3.50. The molecular formula is C22H20F3N5O3S. The molecule has 0 radical (unpaired) electrons. The van der Waals surface area contributed by atoms with Crippen LogP contribution in [-0.2, 0) is 16.1 Å². The Hall–Kier alpha value is -3.35. The number of aliphatic carboxylic acids is 1. The van der Waals surface area contributed by atoms with Crippen molar-refractivity contribution in [3.05, 3.63) is 71.6 Å². The van der Waals surface area contributed by atoms with Crippen LogP contribution in [-0.4, -0.2) is 61.7 Å². The van der Waals surface area contributed by atoms with Gasteiger partial charge in [0.05, 0.1) is 17.8 Å². The summed E-state index contributed by atoms with van der Waals surface area (Å²) in [5.41, 5.74) is 4.13. The Morgan fingerprint density at radius 1 is 1.21 bits per heavy atom. The van der Waals surface area contributed by atoms with E-state index in [1.54, 1.807) is 11.3 Å². The summed E-state index contributed by atoms with van der Waals surface area (Å²) in [6.45, 7) is 3.19. The van der Waals surface area contributed by atoms with Crippen molar-refractivity contribution in [3.8, 4) is 10.4 Å². The van der Waals surface area contributed by atoms with E-state index in [0.717, 1.165) is 42.1 Å². The average molecular weight is 491 g/mol. The summed E-state index contributed by atoms with van der Waals surface area (Å²) in [6, 6.07) is 14.4. The van der Waals surface area contributed by atoms with Crippen molar-refractivity contribution in [1.82, 2.24) is 24.7 Å². The highest BCUT2D eigenvalue weighted by molar-refractivity contribution is 7.13. The Morgan fingerprint density at radius 2 is 2.03 bits per heavy atom. The molecule has 0 amide bonds. The molecule has 0 spiro atoms. The number of hydrogen-bond acceptors (Lipinski definition) is 7. The molecule has 178 valence electrons. The Morgan fingerprint density at radius 3 is 2.71 bits per heavy atom. The second-order valence-corrected chi connectivity index (χ2v) is 8.37. The van der Waals surface area contributed by atoms with Gasteiger partial charge in [-0.25, -0.2) is 9.31 Å². The number of ether oxygens (including phenoxy) is 1. The van der Waals surface area contributed by atoms with Gasteiger partial charge in [0.2, 0.25) is 0 Å². The molecular weight excluding hydrogens is 471 g/mol. The largest absolute Gasteiger partial charge is 0.490 e. The van der Waals surface area contributed by atoms with Gasteiger partial charge < -0.3 is 9.84 Å². The number of morpholine rings is 1. The molecule has 0 aromatic carbocycles. The van der Waals surface area contributed by atoms with E-state index < -0.39 is 12.1 Å². The van der Waals surface area contributed by atoms with Gasteiger partial charge in [0.15, 0.2) is 0 Å². The molecule has 12 heteroatoms. The van der Waals surface area contributed by atoms with Crippen molar-refractivity contribution in [3.63, 3.8) is 0 Å². The van der Waals surface area contributed by atoms with Crippen LogP contribution in [0.1, 0.15) is 17.5 Å². The third-order valence-corrected chi connectivity index (χ3v) is 5.97. The third-order valence-electron chi connectivity index (χ3n) is 5.06. The molecule has 5 rings (SSSR count). The molecule has 0 aliphatic carbocycles. The number of hydrogen-bond donors (Lipinski definition) is 1. The fourth-order valence-electron chi connectivity index (χ4n) is 3.46. The van der Waals surface area contributed by atoms with E-state index in [1.165, 1.54) is 4.88 Å². The summed E-state index contributed by atoms with van der Waals surface area (Å²) in [7, 11) is 0. The van der Waals surface area contributed by atoms with Crippen LogP contribution in [0.2, 0.25) is 0 Å². The molecule has 34 heavy (non-hydrogen) atoms. The topological polar surface area (TPSA) is 92.8 Å². The normalized spacial score (nSPS) is 16.7. The van der Waals surface area contributed by atoms with E-state index >= 15 is 0 Å². The van der Waals surface area contributed by atoms with Crippen LogP contribution in [0.15, 0.2) is 60.2 Å². The molecule has 5 heterocycles. The highest BCUT2D eigenvalue weighted by atomic mass is 32.1. The number of alkyl halides is 3. The zero-order valence-electron chi connectivity index (χ0n) is 17.7.